The number of hydrazone groups is 1. The van der Waals surface area contributed by atoms with Crippen LogP contribution >= 0.6 is 15.9 Å². The molecule has 118 valence electrons. The van der Waals surface area contributed by atoms with Gasteiger partial charge in [-0.15, -0.1) is 0 Å². The zero-order valence-corrected chi connectivity index (χ0v) is 13.0. The number of nitrogens with zero attached hydrogens (tertiary/aromatic N) is 2. The standard InChI is InChI=1S/C14H10BrN3O5/c15-12-6-11(18(22)23)5-9(13(12)19)7-16-17-10-3-1-8(2-4-10)14(20)21/h1-7,17,19H,(H,20,21). The van der Waals surface area contributed by atoms with E-state index < -0.39 is 10.9 Å². The number of hydrogen-bond acceptors (Lipinski definition) is 6. The molecule has 0 radical (unpaired) electrons. The Morgan fingerprint density at radius 3 is 2.52 bits per heavy atom. The van der Waals surface area contributed by atoms with E-state index in [-0.39, 0.29) is 27.0 Å². The van der Waals surface area contributed by atoms with Crippen LogP contribution in [0.1, 0.15) is 15.9 Å². The molecule has 0 aliphatic carbocycles. The maximum Gasteiger partial charge on any atom is 0.335 e. The largest absolute Gasteiger partial charge is 0.506 e. The number of rotatable bonds is 5. The molecule has 3 N–H and O–H groups in total. The quantitative estimate of drug-likeness (QED) is 0.416. The van der Waals surface area contributed by atoms with Crippen molar-refractivity contribution in [1.82, 2.24) is 0 Å². The monoisotopic (exact) mass is 379 g/mol. The normalized spacial score (nSPS) is 10.7. The Bertz CT molecular complexity index is 790. The molecule has 0 fully saturated rings. The first-order chi connectivity index (χ1) is 10.9. The highest BCUT2D eigenvalue weighted by atomic mass is 79.9. The number of nitro groups is 1. The number of benzene rings is 2. The molecular weight excluding hydrogens is 370 g/mol. The number of halogens is 1. The van der Waals surface area contributed by atoms with Crippen LogP contribution in [0.2, 0.25) is 0 Å². The fourth-order valence-electron chi connectivity index (χ4n) is 1.67. The predicted molar refractivity (Wildman–Crippen MR) is 87.1 cm³/mol. The molecule has 2 aromatic rings. The van der Waals surface area contributed by atoms with Crippen molar-refractivity contribution in [1.29, 1.82) is 0 Å². The summed E-state index contributed by atoms with van der Waals surface area (Å²) in [6.45, 7) is 0. The van der Waals surface area contributed by atoms with Gasteiger partial charge in [0.05, 0.1) is 26.9 Å². The van der Waals surface area contributed by atoms with Gasteiger partial charge in [-0.2, -0.15) is 5.10 Å². The van der Waals surface area contributed by atoms with Crippen LogP contribution in [-0.4, -0.2) is 27.3 Å². The molecule has 0 bridgehead atoms. The van der Waals surface area contributed by atoms with Gasteiger partial charge in [0.1, 0.15) is 5.75 Å². The van der Waals surface area contributed by atoms with Gasteiger partial charge in [-0.25, -0.2) is 4.79 Å². The lowest BCUT2D eigenvalue weighted by molar-refractivity contribution is -0.385. The molecule has 0 unspecified atom stereocenters. The zero-order valence-electron chi connectivity index (χ0n) is 11.4. The van der Waals surface area contributed by atoms with E-state index in [0.29, 0.717) is 5.69 Å². The first-order valence-corrected chi connectivity index (χ1v) is 6.97. The van der Waals surface area contributed by atoms with Crippen molar-refractivity contribution in [2.75, 3.05) is 5.43 Å². The molecule has 2 aromatic carbocycles. The van der Waals surface area contributed by atoms with Gasteiger partial charge in [-0.05, 0) is 40.2 Å². The van der Waals surface area contributed by atoms with Gasteiger partial charge in [-0.3, -0.25) is 15.5 Å². The minimum Gasteiger partial charge on any atom is -0.506 e. The van der Waals surface area contributed by atoms with Crippen LogP contribution in [-0.2, 0) is 0 Å². The summed E-state index contributed by atoms with van der Waals surface area (Å²) < 4.78 is 0.180. The second-order valence-corrected chi connectivity index (χ2v) is 5.23. The van der Waals surface area contributed by atoms with E-state index in [0.717, 1.165) is 0 Å². The fraction of sp³-hybridized carbons (Fsp3) is 0. The lowest BCUT2D eigenvalue weighted by Crippen LogP contribution is -1.97. The number of aromatic carboxylic acids is 1. The van der Waals surface area contributed by atoms with E-state index in [4.69, 9.17) is 5.11 Å². The second kappa shape index (κ2) is 6.88. The summed E-state index contributed by atoms with van der Waals surface area (Å²) in [6, 6.07) is 8.21. The number of anilines is 1. The number of nitro benzene ring substituents is 1. The molecule has 2 rings (SSSR count). The number of nitrogens with one attached hydrogen (secondary N) is 1. The Morgan fingerprint density at radius 1 is 1.30 bits per heavy atom. The van der Waals surface area contributed by atoms with Crippen LogP contribution in [0.5, 0.6) is 5.75 Å². The van der Waals surface area contributed by atoms with Crippen LogP contribution in [0.3, 0.4) is 0 Å². The van der Waals surface area contributed by atoms with Crippen LogP contribution in [0.15, 0.2) is 46.0 Å². The average molecular weight is 380 g/mol. The smallest absolute Gasteiger partial charge is 0.335 e. The van der Waals surface area contributed by atoms with E-state index in [1.807, 2.05) is 0 Å². The summed E-state index contributed by atoms with van der Waals surface area (Å²) in [5.74, 6) is -1.21. The van der Waals surface area contributed by atoms with Gasteiger partial charge in [0.15, 0.2) is 0 Å². The number of phenolic OH excluding ortho intramolecular Hbond substituents is 1. The SMILES string of the molecule is O=C(O)c1ccc(NN=Cc2cc([N+](=O)[O-])cc(Br)c2O)cc1. The van der Waals surface area contributed by atoms with Crippen molar-refractivity contribution in [2.24, 2.45) is 5.10 Å². The average Bonchev–Trinajstić information content (AvgIpc) is 2.51. The molecule has 9 heteroatoms. The van der Waals surface area contributed by atoms with Crippen molar-refractivity contribution in [3.8, 4) is 5.75 Å². The van der Waals surface area contributed by atoms with Gasteiger partial charge in [-0.1, -0.05) is 0 Å². The maximum atomic E-state index is 10.8. The van der Waals surface area contributed by atoms with Crippen molar-refractivity contribution in [3.63, 3.8) is 0 Å². The predicted octanol–water partition coefficient (Wildman–Crippen LogP) is 3.21. The van der Waals surface area contributed by atoms with E-state index in [9.17, 15) is 20.0 Å². The Morgan fingerprint density at radius 2 is 1.96 bits per heavy atom. The molecule has 0 saturated carbocycles. The maximum absolute atomic E-state index is 10.8. The van der Waals surface area contributed by atoms with E-state index >= 15 is 0 Å². The summed E-state index contributed by atoms with van der Waals surface area (Å²) in [4.78, 5) is 20.9. The number of carboxylic acids is 1. The van der Waals surface area contributed by atoms with E-state index in [2.05, 4.69) is 26.5 Å². The van der Waals surface area contributed by atoms with E-state index in [1.54, 1.807) is 0 Å². The third kappa shape index (κ3) is 4.04. The highest BCUT2D eigenvalue weighted by Gasteiger charge is 2.13. The fourth-order valence-corrected chi connectivity index (χ4v) is 2.14. The molecular formula is C14H10BrN3O5. The van der Waals surface area contributed by atoms with Crippen molar-refractivity contribution >= 4 is 39.5 Å². The van der Waals surface area contributed by atoms with E-state index in [1.165, 1.54) is 42.6 Å². The molecule has 0 spiro atoms. The molecule has 0 saturated heterocycles. The highest BCUT2D eigenvalue weighted by molar-refractivity contribution is 9.10. The van der Waals surface area contributed by atoms with Gasteiger partial charge < -0.3 is 10.2 Å². The minimum atomic E-state index is -1.04. The lowest BCUT2D eigenvalue weighted by Gasteiger charge is -2.03. The summed E-state index contributed by atoms with van der Waals surface area (Å²) >= 11 is 3.03. The molecule has 0 aliphatic rings. The molecule has 0 amide bonds. The van der Waals surface area contributed by atoms with Gasteiger partial charge >= 0.3 is 5.97 Å². The summed E-state index contributed by atoms with van der Waals surface area (Å²) in [6.07, 6.45) is 1.22. The number of hydrogen-bond donors (Lipinski definition) is 3. The molecule has 0 heterocycles. The first-order valence-electron chi connectivity index (χ1n) is 6.18. The third-order valence-electron chi connectivity index (χ3n) is 2.82. The number of aromatic hydroxyl groups is 1. The second-order valence-electron chi connectivity index (χ2n) is 4.38. The topological polar surface area (TPSA) is 125 Å². The van der Waals surface area contributed by atoms with Gasteiger partial charge in [0, 0.05) is 17.7 Å². The lowest BCUT2D eigenvalue weighted by atomic mass is 10.2. The Hall–Kier alpha value is -2.94. The van der Waals surface area contributed by atoms with Crippen molar-refractivity contribution in [2.45, 2.75) is 0 Å². The highest BCUT2D eigenvalue weighted by Crippen LogP contribution is 2.31. The summed E-state index contributed by atoms with van der Waals surface area (Å²) in [7, 11) is 0. The molecule has 0 atom stereocenters. The zero-order chi connectivity index (χ0) is 17.0. The number of phenols is 1. The third-order valence-corrected chi connectivity index (χ3v) is 3.42. The number of carbonyl (C=O) groups is 1. The first kappa shape index (κ1) is 16.4. The van der Waals surface area contributed by atoms with Crippen LogP contribution in [0.25, 0.3) is 0 Å². The minimum absolute atomic E-state index is 0.139. The molecule has 0 aliphatic heterocycles. The Balaban J connectivity index is 2.17. The number of carboxylic acid groups (broad SMARTS) is 1. The van der Waals surface area contributed by atoms with Crippen molar-refractivity contribution < 1.29 is 19.9 Å². The van der Waals surface area contributed by atoms with Crippen LogP contribution < -0.4 is 5.43 Å². The number of non-ortho nitro benzene ring substituents is 1. The molecule has 23 heavy (non-hydrogen) atoms. The van der Waals surface area contributed by atoms with Crippen molar-refractivity contribution in [3.05, 3.63) is 62.1 Å². The van der Waals surface area contributed by atoms with Gasteiger partial charge in [0.2, 0.25) is 0 Å². The van der Waals surface area contributed by atoms with Crippen LogP contribution in [0.4, 0.5) is 11.4 Å². The van der Waals surface area contributed by atoms with Gasteiger partial charge in [0.25, 0.3) is 5.69 Å². The van der Waals surface area contributed by atoms with Crippen LogP contribution in [0, 0.1) is 10.1 Å². The Kier molecular flexibility index (Phi) is 4.91. The Labute approximate surface area is 138 Å². The molecule has 8 nitrogen and oxygen atoms in total. The molecule has 0 aromatic heterocycles. The summed E-state index contributed by atoms with van der Waals surface area (Å²) in [5, 5.41) is 33.3. The summed E-state index contributed by atoms with van der Waals surface area (Å²) in [5.41, 5.74) is 3.26.